The van der Waals surface area contributed by atoms with Gasteiger partial charge in [-0.2, -0.15) is 0 Å². The maximum atomic E-state index is 11.2. The van der Waals surface area contributed by atoms with Crippen LogP contribution in [-0.4, -0.2) is 25.8 Å². The lowest BCUT2D eigenvalue weighted by Crippen LogP contribution is -2.12. The van der Waals surface area contributed by atoms with Crippen LogP contribution in [0.1, 0.15) is 38.3 Å². The van der Waals surface area contributed by atoms with Crippen molar-refractivity contribution in [2.24, 2.45) is 0 Å². The van der Waals surface area contributed by atoms with E-state index in [0.717, 1.165) is 24.8 Å². The summed E-state index contributed by atoms with van der Waals surface area (Å²) in [6.07, 6.45) is 3.51. The molecule has 0 saturated heterocycles. The summed E-state index contributed by atoms with van der Waals surface area (Å²) in [4.78, 5) is 4.28. The summed E-state index contributed by atoms with van der Waals surface area (Å²) in [6.45, 7) is 4.01. The number of nitrogens with one attached hydrogen (secondary N) is 1. The lowest BCUT2D eigenvalue weighted by molar-refractivity contribution is 0.302. The number of aromatic nitrogens is 1. The van der Waals surface area contributed by atoms with E-state index in [-0.39, 0.29) is 12.0 Å². The number of ether oxygens (including phenoxy) is 1. The summed E-state index contributed by atoms with van der Waals surface area (Å²) >= 11 is 0. The minimum absolute atomic E-state index is 0.216. The van der Waals surface area contributed by atoms with Gasteiger partial charge in [0.05, 0.1) is 12.4 Å². The Balaban J connectivity index is 2.29. The fraction of sp³-hybridized carbons (Fsp3) is 0.583. The van der Waals surface area contributed by atoms with E-state index in [1.54, 1.807) is 6.07 Å². The largest absolute Gasteiger partial charge is 0.490 e. The van der Waals surface area contributed by atoms with E-state index in [1.165, 1.54) is 0 Å². The average molecular weight is 270 g/mol. The first-order chi connectivity index (χ1) is 8.33. The summed E-state index contributed by atoms with van der Waals surface area (Å²) in [7, 11) is -3.32. The molecule has 6 heteroatoms. The Morgan fingerprint density at radius 3 is 2.56 bits per heavy atom. The number of anilines is 1. The first-order valence-electron chi connectivity index (χ1n) is 6.00. The normalized spacial score (nSPS) is 15.8. The molecule has 0 amide bonds. The van der Waals surface area contributed by atoms with Crippen molar-refractivity contribution in [2.45, 2.75) is 38.7 Å². The summed E-state index contributed by atoms with van der Waals surface area (Å²) in [5.41, 5.74) is 0.819. The SMILES string of the molecule is CC(C)c1cc(OC2CC2)cc(NS(C)(=O)=O)n1. The van der Waals surface area contributed by atoms with Crippen LogP contribution in [0.4, 0.5) is 5.82 Å². The van der Waals surface area contributed by atoms with Gasteiger partial charge in [-0.25, -0.2) is 13.4 Å². The topological polar surface area (TPSA) is 68.3 Å². The van der Waals surface area contributed by atoms with Crippen molar-refractivity contribution >= 4 is 15.8 Å². The standard InChI is InChI=1S/C12H18N2O3S/c1-8(2)11-6-10(17-9-4-5-9)7-12(13-11)14-18(3,15)16/h6-9H,4-5H2,1-3H3,(H,13,14). The van der Waals surface area contributed by atoms with Crippen LogP contribution in [-0.2, 0) is 10.0 Å². The molecular formula is C12H18N2O3S. The van der Waals surface area contributed by atoms with Crippen molar-refractivity contribution < 1.29 is 13.2 Å². The Kier molecular flexibility index (Phi) is 3.47. The lowest BCUT2D eigenvalue weighted by atomic mass is 10.1. The first-order valence-corrected chi connectivity index (χ1v) is 7.89. The molecule has 0 aliphatic heterocycles. The number of rotatable bonds is 5. The van der Waals surface area contributed by atoms with E-state index in [2.05, 4.69) is 9.71 Å². The van der Waals surface area contributed by atoms with Gasteiger partial charge in [0.2, 0.25) is 10.0 Å². The van der Waals surface area contributed by atoms with Gasteiger partial charge in [-0.1, -0.05) is 13.8 Å². The van der Waals surface area contributed by atoms with Crippen molar-refractivity contribution in [1.82, 2.24) is 4.98 Å². The number of hydrogen-bond donors (Lipinski definition) is 1. The van der Waals surface area contributed by atoms with Crippen molar-refractivity contribution in [3.63, 3.8) is 0 Å². The van der Waals surface area contributed by atoms with Gasteiger partial charge in [-0.15, -0.1) is 0 Å². The Bertz CT molecular complexity index is 536. The van der Waals surface area contributed by atoms with E-state index in [0.29, 0.717) is 11.6 Å². The zero-order valence-electron chi connectivity index (χ0n) is 10.8. The van der Waals surface area contributed by atoms with Gasteiger partial charge in [0.1, 0.15) is 11.6 Å². The van der Waals surface area contributed by atoms with E-state index >= 15 is 0 Å². The summed E-state index contributed by atoms with van der Waals surface area (Å²) in [5, 5.41) is 0. The van der Waals surface area contributed by atoms with Crippen molar-refractivity contribution in [3.05, 3.63) is 17.8 Å². The van der Waals surface area contributed by atoms with Crippen molar-refractivity contribution in [1.29, 1.82) is 0 Å². The molecule has 100 valence electrons. The summed E-state index contributed by atoms with van der Waals surface area (Å²) in [6, 6.07) is 3.50. The van der Waals surface area contributed by atoms with Crippen LogP contribution < -0.4 is 9.46 Å². The Labute approximate surface area is 108 Å². The number of pyridine rings is 1. The van der Waals surface area contributed by atoms with E-state index in [1.807, 2.05) is 19.9 Å². The summed E-state index contributed by atoms with van der Waals surface area (Å²) < 4.78 is 30.6. The predicted molar refractivity (Wildman–Crippen MR) is 70.4 cm³/mol. The van der Waals surface area contributed by atoms with Gasteiger partial charge in [0.15, 0.2) is 0 Å². The molecule has 1 N–H and O–H groups in total. The number of hydrogen-bond acceptors (Lipinski definition) is 4. The maximum Gasteiger partial charge on any atom is 0.230 e. The van der Waals surface area contributed by atoms with Crippen LogP contribution in [0.5, 0.6) is 5.75 Å². The fourth-order valence-corrected chi connectivity index (χ4v) is 1.99. The van der Waals surface area contributed by atoms with Crippen LogP contribution in [0.15, 0.2) is 12.1 Å². The smallest absolute Gasteiger partial charge is 0.230 e. The molecule has 0 unspecified atom stereocenters. The van der Waals surface area contributed by atoms with Gasteiger partial charge < -0.3 is 4.74 Å². The molecule has 1 aromatic heterocycles. The molecule has 1 heterocycles. The van der Waals surface area contributed by atoms with E-state index < -0.39 is 10.0 Å². The van der Waals surface area contributed by atoms with Crippen LogP contribution in [0.25, 0.3) is 0 Å². The highest BCUT2D eigenvalue weighted by Gasteiger charge is 2.24. The van der Waals surface area contributed by atoms with Gasteiger partial charge >= 0.3 is 0 Å². The number of nitrogens with zero attached hydrogens (tertiary/aromatic N) is 1. The number of sulfonamides is 1. The Morgan fingerprint density at radius 1 is 1.39 bits per heavy atom. The van der Waals surface area contributed by atoms with Crippen LogP contribution in [0, 0.1) is 0 Å². The minimum Gasteiger partial charge on any atom is -0.490 e. The second-order valence-corrected chi connectivity index (χ2v) is 6.71. The van der Waals surface area contributed by atoms with Crippen LogP contribution in [0.2, 0.25) is 0 Å². The average Bonchev–Trinajstić information content (AvgIpc) is 2.98. The van der Waals surface area contributed by atoms with Crippen molar-refractivity contribution in [2.75, 3.05) is 11.0 Å². The maximum absolute atomic E-state index is 11.2. The highest BCUT2D eigenvalue weighted by Crippen LogP contribution is 2.30. The zero-order chi connectivity index (χ0) is 13.3. The molecule has 5 nitrogen and oxygen atoms in total. The van der Waals surface area contributed by atoms with Gasteiger partial charge in [0, 0.05) is 17.8 Å². The molecule has 0 radical (unpaired) electrons. The van der Waals surface area contributed by atoms with Gasteiger partial charge in [0.25, 0.3) is 0 Å². The molecule has 18 heavy (non-hydrogen) atoms. The van der Waals surface area contributed by atoms with Gasteiger partial charge in [-0.05, 0) is 18.8 Å². The monoisotopic (exact) mass is 270 g/mol. The third-order valence-corrected chi connectivity index (χ3v) is 3.11. The highest BCUT2D eigenvalue weighted by atomic mass is 32.2. The molecule has 1 aliphatic rings. The first kappa shape index (κ1) is 13.1. The Morgan fingerprint density at radius 2 is 2.06 bits per heavy atom. The van der Waals surface area contributed by atoms with E-state index in [9.17, 15) is 8.42 Å². The van der Waals surface area contributed by atoms with Crippen LogP contribution in [0.3, 0.4) is 0 Å². The quantitative estimate of drug-likeness (QED) is 0.889. The second kappa shape index (κ2) is 4.76. The molecular weight excluding hydrogens is 252 g/mol. The van der Waals surface area contributed by atoms with Gasteiger partial charge in [-0.3, -0.25) is 4.72 Å². The second-order valence-electron chi connectivity index (χ2n) is 4.96. The van der Waals surface area contributed by atoms with Crippen molar-refractivity contribution in [3.8, 4) is 5.75 Å². The third kappa shape index (κ3) is 3.87. The van der Waals surface area contributed by atoms with Crippen LogP contribution >= 0.6 is 0 Å². The zero-order valence-corrected chi connectivity index (χ0v) is 11.6. The summed E-state index contributed by atoms with van der Waals surface area (Å²) in [5.74, 6) is 1.22. The molecule has 0 aromatic carbocycles. The molecule has 1 fully saturated rings. The Hall–Kier alpha value is -1.30. The highest BCUT2D eigenvalue weighted by molar-refractivity contribution is 7.92. The molecule has 2 rings (SSSR count). The lowest BCUT2D eigenvalue weighted by Gasteiger charge is -2.12. The molecule has 0 atom stereocenters. The fourth-order valence-electron chi connectivity index (χ4n) is 1.51. The molecule has 1 aromatic rings. The van der Waals surface area contributed by atoms with E-state index in [4.69, 9.17) is 4.74 Å². The molecule has 1 aliphatic carbocycles. The molecule has 0 spiro atoms. The third-order valence-electron chi connectivity index (χ3n) is 2.53. The minimum atomic E-state index is -3.32. The molecule has 1 saturated carbocycles. The predicted octanol–water partition coefficient (Wildman–Crippen LogP) is 2.12. The molecule has 0 bridgehead atoms.